The van der Waals surface area contributed by atoms with Crippen LogP contribution in [0.4, 0.5) is 0 Å². The van der Waals surface area contributed by atoms with Crippen molar-refractivity contribution < 1.29 is 4.74 Å². The molecule has 10 heteroatoms. The van der Waals surface area contributed by atoms with Crippen LogP contribution >= 0.6 is 11.6 Å². The quantitative estimate of drug-likeness (QED) is 0.209. The van der Waals surface area contributed by atoms with Crippen LogP contribution in [0.5, 0.6) is 5.75 Å². The molecule has 1 atom stereocenters. The molecule has 0 aliphatic carbocycles. The molecular weight excluding hydrogens is 562 g/mol. The lowest BCUT2D eigenvalue weighted by molar-refractivity contribution is 0.193. The van der Waals surface area contributed by atoms with Crippen molar-refractivity contribution in [2.24, 2.45) is 0 Å². The summed E-state index contributed by atoms with van der Waals surface area (Å²) in [5.41, 5.74) is 4.05. The summed E-state index contributed by atoms with van der Waals surface area (Å²) in [5, 5.41) is 14.4. The Labute approximate surface area is 253 Å². The highest BCUT2D eigenvalue weighted by atomic mass is 35.5. The number of aromatic amines is 1. The molecule has 0 spiro atoms. The Bertz CT molecular complexity index is 1880. The van der Waals surface area contributed by atoms with E-state index in [9.17, 15) is 4.79 Å². The number of pyridine rings is 2. The molecule has 0 unspecified atom stereocenters. The second-order valence-corrected chi connectivity index (χ2v) is 10.7. The van der Waals surface area contributed by atoms with Gasteiger partial charge in [0.15, 0.2) is 5.82 Å². The molecule has 0 saturated heterocycles. The first-order chi connectivity index (χ1) is 21.1. The van der Waals surface area contributed by atoms with E-state index in [1.165, 1.54) is 5.56 Å². The summed E-state index contributed by atoms with van der Waals surface area (Å²) in [6.07, 6.45) is 4.29. The van der Waals surface area contributed by atoms with Crippen LogP contribution in [-0.4, -0.2) is 42.2 Å². The van der Waals surface area contributed by atoms with Crippen molar-refractivity contribution in [3.63, 3.8) is 0 Å². The van der Waals surface area contributed by atoms with Gasteiger partial charge < -0.3 is 9.72 Å². The van der Waals surface area contributed by atoms with Crippen molar-refractivity contribution in [2.45, 2.75) is 32.1 Å². The first kappa shape index (κ1) is 28.3. The van der Waals surface area contributed by atoms with Gasteiger partial charge in [-0.25, -0.2) is 4.68 Å². The molecule has 0 amide bonds. The Morgan fingerprint density at radius 2 is 1.77 bits per heavy atom. The maximum absolute atomic E-state index is 13.9. The number of nitrogens with one attached hydrogen (secondary N) is 1. The van der Waals surface area contributed by atoms with Gasteiger partial charge in [0.2, 0.25) is 0 Å². The molecule has 1 N–H and O–H groups in total. The molecule has 3 aromatic heterocycles. The number of benzene rings is 3. The summed E-state index contributed by atoms with van der Waals surface area (Å²) in [6, 6.07) is 28.7. The Morgan fingerprint density at radius 1 is 0.953 bits per heavy atom. The molecule has 43 heavy (non-hydrogen) atoms. The van der Waals surface area contributed by atoms with Crippen LogP contribution in [-0.2, 0) is 26.1 Å². The van der Waals surface area contributed by atoms with E-state index in [4.69, 9.17) is 16.3 Å². The van der Waals surface area contributed by atoms with Gasteiger partial charge in [-0.2, -0.15) is 0 Å². The monoisotopic (exact) mass is 591 g/mol. The molecule has 0 radical (unpaired) electrons. The van der Waals surface area contributed by atoms with Crippen molar-refractivity contribution in [3.8, 4) is 5.75 Å². The first-order valence-electron chi connectivity index (χ1n) is 14.0. The lowest BCUT2D eigenvalue weighted by atomic mass is 10.0. The van der Waals surface area contributed by atoms with E-state index in [0.717, 1.165) is 22.9 Å². The summed E-state index contributed by atoms with van der Waals surface area (Å²) in [7, 11) is 1.62. The zero-order valence-corrected chi connectivity index (χ0v) is 24.4. The van der Waals surface area contributed by atoms with Crippen molar-refractivity contribution in [2.75, 3.05) is 7.11 Å². The Hall–Kier alpha value is -4.86. The fraction of sp³-hybridized carbons (Fsp3) is 0.182. The Kier molecular flexibility index (Phi) is 8.53. The van der Waals surface area contributed by atoms with Gasteiger partial charge in [-0.05, 0) is 69.9 Å². The molecular formula is C33H30ClN7O2. The zero-order valence-electron chi connectivity index (χ0n) is 23.6. The van der Waals surface area contributed by atoms with Crippen LogP contribution in [0.2, 0.25) is 5.02 Å². The highest BCUT2D eigenvalue weighted by Crippen LogP contribution is 2.32. The minimum Gasteiger partial charge on any atom is -0.497 e. The second-order valence-electron chi connectivity index (χ2n) is 10.3. The second kappa shape index (κ2) is 13.0. The number of aromatic nitrogens is 6. The number of fused-ring (bicyclic) bond motifs is 1. The van der Waals surface area contributed by atoms with Gasteiger partial charge in [0.25, 0.3) is 5.56 Å². The standard InChI is InChI=1S/C33H30ClN7O2/c1-43-27-13-14-30-26(18-27)19-28(33(42)36-30)31(32-37-38-39-41(32)17-15-23-8-3-2-4-9-23)40(21-24-10-7-16-35-20-24)22-25-11-5-6-12-29(25)34/h2-14,16,18-20,31H,15,17,21-22H2,1H3,(H,36,42)/t31-/m1/s1. The molecule has 0 bridgehead atoms. The first-order valence-corrected chi connectivity index (χ1v) is 14.3. The average molecular weight is 592 g/mol. The fourth-order valence-corrected chi connectivity index (χ4v) is 5.48. The minimum absolute atomic E-state index is 0.226. The molecule has 3 heterocycles. The van der Waals surface area contributed by atoms with E-state index in [2.05, 4.69) is 42.5 Å². The van der Waals surface area contributed by atoms with E-state index in [1.807, 2.05) is 85.1 Å². The summed E-state index contributed by atoms with van der Waals surface area (Å²) >= 11 is 6.67. The molecule has 6 aromatic rings. The summed E-state index contributed by atoms with van der Waals surface area (Å²) in [4.78, 5) is 23.4. The van der Waals surface area contributed by atoms with Crippen molar-refractivity contribution in [3.05, 3.63) is 147 Å². The summed E-state index contributed by atoms with van der Waals surface area (Å²) in [6.45, 7) is 1.43. The highest BCUT2D eigenvalue weighted by Gasteiger charge is 2.31. The lowest BCUT2D eigenvalue weighted by Crippen LogP contribution is -2.35. The Morgan fingerprint density at radius 3 is 2.56 bits per heavy atom. The number of aryl methyl sites for hydroxylation is 2. The van der Waals surface area contributed by atoms with Gasteiger partial charge in [-0.3, -0.25) is 14.7 Å². The number of rotatable bonds is 11. The number of halogens is 1. The SMILES string of the molecule is COc1ccc2[nH]c(=O)c([C@H](c3nnnn3CCc3ccccc3)N(Cc3cccnc3)Cc3ccccc3Cl)cc2c1. The molecule has 3 aromatic carbocycles. The Balaban J connectivity index is 1.50. The van der Waals surface area contributed by atoms with Crippen LogP contribution in [0.15, 0.2) is 108 Å². The predicted octanol–water partition coefficient (Wildman–Crippen LogP) is 5.61. The topological polar surface area (TPSA) is 102 Å². The van der Waals surface area contributed by atoms with E-state index in [1.54, 1.807) is 18.0 Å². The maximum atomic E-state index is 13.9. The number of H-pyrrole nitrogens is 1. The van der Waals surface area contributed by atoms with Gasteiger partial charge in [0, 0.05) is 53.5 Å². The molecule has 0 aliphatic rings. The van der Waals surface area contributed by atoms with Gasteiger partial charge in [0.05, 0.1) is 7.11 Å². The van der Waals surface area contributed by atoms with Crippen LogP contribution in [0, 0.1) is 0 Å². The number of tetrazole rings is 1. The molecule has 0 aliphatic heterocycles. The molecule has 0 saturated carbocycles. The number of nitrogens with zero attached hydrogens (tertiary/aromatic N) is 6. The normalized spacial score (nSPS) is 12.1. The van der Waals surface area contributed by atoms with Gasteiger partial charge in [-0.1, -0.05) is 66.2 Å². The number of ether oxygens (including phenoxy) is 1. The van der Waals surface area contributed by atoms with Gasteiger partial charge in [0.1, 0.15) is 11.8 Å². The van der Waals surface area contributed by atoms with E-state index in [-0.39, 0.29) is 5.56 Å². The third-order valence-corrected chi connectivity index (χ3v) is 7.81. The van der Waals surface area contributed by atoms with Crippen LogP contribution < -0.4 is 10.3 Å². The summed E-state index contributed by atoms with van der Waals surface area (Å²) in [5.74, 6) is 1.25. The largest absolute Gasteiger partial charge is 0.497 e. The van der Waals surface area contributed by atoms with E-state index in [0.29, 0.717) is 47.3 Å². The number of methoxy groups -OCH3 is 1. The maximum Gasteiger partial charge on any atom is 0.253 e. The fourth-order valence-electron chi connectivity index (χ4n) is 5.29. The average Bonchev–Trinajstić information content (AvgIpc) is 3.50. The minimum atomic E-state index is -0.624. The van der Waals surface area contributed by atoms with Crippen molar-refractivity contribution in [1.82, 2.24) is 35.1 Å². The van der Waals surface area contributed by atoms with Crippen LogP contribution in [0.3, 0.4) is 0 Å². The smallest absolute Gasteiger partial charge is 0.253 e. The summed E-state index contributed by atoms with van der Waals surface area (Å²) < 4.78 is 7.26. The van der Waals surface area contributed by atoms with E-state index >= 15 is 0 Å². The van der Waals surface area contributed by atoms with Crippen molar-refractivity contribution in [1.29, 1.82) is 0 Å². The van der Waals surface area contributed by atoms with Crippen LogP contribution in [0.1, 0.15) is 34.1 Å². The number of hydrogen-bond acceptors (Lipinski definition) is 7. The molecule has 216 valence electrons. The lowest BCUT2D eigenvalue weighted by Gasteiger charge is -2.31. The zero-order chi connectivity index (χ0) is 29.6. The third-order valence-electron chi connectivity index (χ3n) is 7.44. The number of hydrogen-bond donors (Lipinski definition) is 1. The van der Waals surface area contributed by atoms with Gasteiger partial charge in [-0.15, -0.1) is 5.10 Å². The van der Waals surface area contributed by atoms with Gasteiger partial charge >= 0.3 is 0 Å². The van der Waals surface area contributed by atoms with Crippen LogP contribution in [0.25, 0.3) is 10.9 Å². The third kappa shape index (κ3) is 6.48. The highest BCUT2D eigenvalue weighted by molar-refractivity contribution is 6.31. The molecule has 6 rings (SSSR count). The van der Waals surface area contributed by atoms with E-state index < -0.39 is 6.04 Å². The molecule has 9 nitrogen and oxygen atoms in total. The van der Waals surface area contributed by atoms with Crippen molar-refractivity contribution >= 4 is 22.5 Å². The molecule has 0 fully saturated rings. The predicted molar refractivity (Wildman–Crippen MR) is 166 cm³/mol.